The van der Waals surface area contributed by atoms with E-state index in [-0.39, 0.29) is 13.0 Å². The van der Waals surface area contributed by atoms with Gasteiger partial charge in [0, 0.05) is 22.1 Å². The van der Waals surface area contributed by atoms with Crippen molar-refractivity contribution in [3.63, 3.8) is 0 Å². The maximum absolute atomic E-state index is 12.2. The summed E-state index contributed by atoms with van der Waals surface area (Å²) in [5, 5.41) is 10.0. The number of fused-ring (bicyclic) bond motifs is 1. The van der Waals surface area contributed by atoms with Crippen LogP contribution in [0.5, 0.6) is 5.75 Å². The van der Waals surface area contributed by atoms with Crippen molar-refractivity contribution in [1.29, 1.82) is 0 Å². The summed E-state index contributed by atoms with van der Waals surface area (Å²) in [6.07, 6.45) is 4.58. The standard InChI is InChI=1S/C26H25NO6S/c1-26(2,3)34(30)27-14-21-12-20(16-32-21)22-11-17(10-19-8-9-31-25(19)22)15-33-23-7-5-4-6-18(23)13-24(28)29/h4-12,14,16H,13,15H2,1-3H3,(H,28,29). The molecule has 4 rings (SSSR count). The third kappa shape index (κ3) is 5.52. The molecule has 0 saturated carbocycles. The summed E-state index contributed by atoms with van der Waals surface area (Å²) in [6.45, 7) is 5.82. The topological polar surface area (TPSA) is 108 Å². The average molecular weight is 480 g/mol. The van der Waals surface area contributed by atoms with Gasteiger partial charge in [0.15, 0.2) is 0 Å². The fourth-order valence-corrected chi connectivity index (χ4v) is 3.89. The van der Waals surface area contributed by atoms with Crippen molar-refractivity contribution < 1.29 is 28.0 Å². The summed E-state index contributed by atoms with van der Waals surface area (Å²) in [6, 6.07) is 14.7. The largest absolute Gasteiger partial charge is 0.591 e. The normalized spacial score (nSPS) is 12.9. The first kappa shape index (κ1) is 23.7. The molecule has 1 atom stereocenters. The van der Waals surface area contributed by atoms with E-state index in [0.717, 1.165) is 22.1 Å². The SMILES string of the molecule is CC(C)(C)[S+]([O-])N=Cc1cc(-c2cc(COc3ccccc3CC(=O)O)cc3ccoc23)co1. The molecule has 0 aliphatic rings. The van der Waals surface area contributed by atoms with Crippen molar-refractivity contribution >= 4 is 34.5 Å². The highest BCUT2D eigenvalue weighted by molar-refractivity contribution is 7.91. The number of nitrogens with zero attached hydrogens (tertiary/aromatic N) is 1. The average Bonchev–Trinajstić information content (AvgIpc) is 3.45. The van der Waals surface area contributed by atoms with Crippen molar-refractivity contribution in [2.24, 2.45) is 4.40 Å². The molecule has 4 aromatic rings. The van der Waals surface area contributed by atoms with E-state index < -0.39 is 22.1 Å². The minimum atomic E-state index is -1.38. The molecule has 0 saturated heterocycles. The number of carbonyl (C=O) groups is 1. The molecule has 8 heteroatoms. The number of para-hydroxylation sites is 1. The van der Waals surface area contributed by atoms with Gasteiger partial charge < -0.3 is 23.2 Å². The number of aliphatic carboxylic acids is 1. The highest BCUT2D eigenvalue weighted by Crippen LogP contribution is 2.33. The van der Waals surface area contributed by atoms with Gasteiger partial charge in [0.05, 0.1) is 18.9 Å². The number of hydrogen-bond acceptors (Lipinski definition) is 6. The third-order valence-electron chi connectivity index (χ3n) is 5.05. The lowest BCUT2D eigenvalue weighted by Crippen LogP contribution is -2.25. The van der Waals surface area contributed by atoms with Crippen molar-refractivity contribution in [2.75, 3.05) is 0 Å². The van der Waals surface area contributed by atoms with Crippen LogP contribution in [0, 0.1) is 0 Å². The van der Waals surface area contributed by atoms with E-state index >= 15 is 0 Å². The van der Waals surface area contributed by atoms with Crippen LogP contribution in [0.1, 0.15) is 37.7 Å². The third-order valence-corrected chi connectivity index (χ3v) is 6.39. The molecule has 2 aromatic carbocycles. The van der Waals surface area contributed by atoms with E-state index in [0.29, 0.717) is 22.7 Å². The molecule has 34 heavy (non-hydrogen) atoms. The number of carboxylic acid groups (broad SMARTS) is 1. The van der Waals surface area contributed by atoms with Crippen LogP contribution >= 0.6 is 0 Å². The van der Waals surface area contributed by atoms with Crippen LogP contribution in [0.25, 0.3) is 22.1 Å². The highest BCUT2D eigenvalue weighted by atomic mass is 32.2. The van der Waals surface area contributed by atoms with E-state index in [1.165, 1.54) is 6.21 Å². The number of rotatable bonds is 8. The number of ether oxygens (including phenoxy) is 1. The molecule has 0 aliphatic carbocycles. The Bertz CT molecular complexity index is 1330. The molecule has 1 unspecified atom stereocenters. The molecular weight excluding hydrogens is 454 g/mol. The van der Waals surface area contributed by atoms with Gasteiger partial charge in [0.2, 0.25) is 0 Å². The van der Waals surface area contributed by atoms with Crippen LogP contribution in [-0.2, 0) is 29.2 Å². The molecule has 7 nitrogen and oxygen atoms in total. The Hall–Kier alpha value is -3.49. The Morgan fingerprint density at radius 3 is 2.74 bits per heavy atom. The fraction of sp³-hybridized carbons (Fsp3) is 0.231. The molecule has 1 N–H and O–H groups in total. The lowest BCUT2D eigenvalue weighted by atomic mass is 10.0. The zero-order valence-electron chi connectivity index (χ0n) is 19.1. The van der Waals surface area contributed by atoms with Crippen LogP contribution in [0.2, 0.25) is 0 Å². The summed E-state index contributed by atoms with van der Waals surface area (Å²) in [5.41, 5.74) is 3.82. The summed E-state index contributed by atoms with van der Waals surface area (Å²) in [5.74, 6) is 0.104. The van der Waals surface area contributed by atoms with E-state index in [4.69, 9.17) is 18.7 Å². The second-order valence-electron chi connectivity index (χ2n) is 8.78. The van der Waals surface area contributed by atoms with Crippen LogP contribution in [0.3, 0.4) is 0 Å². The van der Waals surface area contributed by atoms with E-state index in [2.05, 4.69) is 4.40 Å². The predicted octanol–water partition coefficient (Wildman–Crippen LogP) is 5.78. The van der Waals surface area contributed by atoms with E-state index in [1.54, 1.807) is 30.7 Å². The first-order valence-corrected chi connectivity index (χ1v) is 11.8. The quantitative estimate of drug-likeness (QED) is 0.253. The Balaban J connectivity index is 1.59. The fourth-order valence-electron chi connectivity index (χ4n) is 3.38. The lowest BCUT2D eigenvalue weighted by Gasteiger charge is -2.17. The molecule has 0 fully saturated rings. The van der Waals surface area contributed by atoms with Gasteiger partial charge in [-0.15, -0.1) is 0 Å². The monoisotopic (exact) mass is 479 g/mol. The van der Waals surface area contributed by atoms with Gasteiger partial charge in [-0.2, -0.15) is 0 Å². The summed E-state index contributed by atoms with van der Waals surface area (Å²) in [4.78, 5) is 11.1. The van der Waals surface area contributed by atoms with Gasteiger partial charge in [0.1, 0.15) is 46.0 Å². The maximum Gasteiger partial charge on any atom is 0.307 e. The van der Waals surface area contributed by atoms with Crippen LogP contribution in [0.4, 0.5) is 0 Å². The molecule has 2 aromatic heterocycles. The van der Waals surface area contributed by atoms with E-state index in [9.17, 15) is 9.35 Å². The second kappa shape index (κ2) is 9.79. The number of furan rings is 2. The first-order chi connectivity index (χ1) is 16.2. The van der Waals surface area contributed by atoms with Crippen molar-refractivity contribution in [3.05, 3.63) is 77.9 Å². The molecule has 0 spiro atoms. The zero-order chi connectivity index (χ0) is 24.3. The minimum Gasteiger partial charge on any atom is -0.591 e. The molecule has 176 valence electrons. The Labute approximate surface area is 200 Å². The van der Waals surface area contributed by atoms with Crippen molar-refractivity contribution in [2.45, 2.75) is 38.5 Å². The summed E-state index contributed by atoms with van der Waals surface area (Å²) < 4.78 is 33.1. The van der Waals surface area contributed by atoms with Gasteiger partial charge in [-0.3, -0.25) is 4.79 Å². The Morgan fingerprint density at radius 1 is 1.18 bits per heavy atom. The number of benzene rings is 2. The van der Waals surface area contributed by atoms with Crippen molar-refractivity contribution in [3.8, 4) is 16.9 Å². The molecule has 0 radical (unpaired) electrons. The predicted molar refractivity (Wildman–Crippen MR) is 132 cm³/mol. The van der Waals surface area contributed by atoms with Crippen LogP contribution < -0.4 is 4.74 Å². The maximum atomic E-state index is 12.2. The van der Waals surface area contributed by atoms with Crippen molar-refractivity contribution in [1.82, 2.24) is 0 Å². The van der Waals surface area contributed by atoms with Gasteiger partial charge in [-0.05, 0) is 56.7 Å². The summed E-state index contributed by atoms with van der Waals surface area (Å²) in [7, 11) is 0. The van der Waals surface area contributed by atoms with Gasteiger partial charge in [0.25, 0.3) is 0 Å². The Morgan fingerprint density at radius 2 is 1.97 bits per heavy atom. The second-order valence-corrected chi connectivity index (χ2v) is 10.7. The molecule has 0 aliphatic heterocycles. The Kier molecular flexibility index (Phi) is 6.81. The lowest BCUT2D eigenvalue weighted by molar-refractivity contribution is -0.136. The zero-order valence-corrected chi connectivity index (χ0v) is 19.9. The van der Waals surface area contributed by atoms with Gasteiger partial charge in [-0.25, -0.2) is 0 Å². The van der Waals surface area contributed by atoms with Gasteiger partial charge in [-0.1, -0.05) is 22.6 Å². The van der Waals surface area contributed by atoms with E-state index in [1.807, 2.05) is 51.1 Å². The minimum absolute atomic E-state index is 0.110. The molecule has 2 heterocycles. The number of hydrogen-bond donors (Lipinski definition) is 1. The van der Waals surface area contributed by atoms with Crippen LogP contribution in [-0.4, -0.2) is 26.6 Å². The smallest absolute Gasteiger partial charge is 0.307 e. The molecule has 0 bridgehead atoms. The number of carboxylic acids is 1. The molecular formula is C26H25NO6S. The highest BCUT2D eigenvalue weighted by Gasteiger charge is 2.26. The molecule has 0 amide bonds. The first-order valence-electron chi connectivity index (χ1n) is 10.7. The summed E-state index contributed by atoms with van der Waals surface area (Å²) >= 11 is -1.38. The van der Waals surface area contributed by atoms with Gasteiger partial charge >= 0.3 is 5.97 Å². The van der Waals surface area contributed by atoms with Crippen LogP contribution in [0.15, 0.2) is 74.3 Å².